The summed E-state index contributed by atoms with van der Waals surface area (Å²) in [5, 5.41) is 5.61. The van der Waals surface area contributed by atoms with Gasteiger partial charge in [0.25, 0.3) is 0 Å². The van der Waals surface area contributed by atoms with E-state index in [1.807, 2.05) is 12.1 Å². The molecular weight excluding hydrogens is 332 g/mol. The van der Waals surface area contributed by atoms with Crippen molar-refractivity contribution in [1.29, 1.82) is 0 Å². The first kappa shape index (κ1) is 14.4. The average molecular weight is 349 g/mol. The number of amidine groups is 1. The van der Waals surface area contributed by atoms with Gasteiger partial charge >= 0.3 is 0 Å². The molecule has 5 heteroatoms. The van der Waals surface area contributed by atoms with Crippen LogP contribution in [0.25, 0.3) is 10.8 Å². The first-order valence-electron chi connectivity index (χ1n) is 6.93. The lowest BCUT2D eigenvalue weighted by Crippen LogP contribution is -2.21. The van der Waals surface area contributed by atoms with Crippen molar-refractivity contribution >= 4 is 32.5 Å². The van der Waals surface area contributed by atoms with Crippen LogP contribution in [0.2, 0.25) is 0 Å². The number of fused-ring (bicyclic) bond motifs is 1. The fourth-order valence-electron chi connectivity index (χ4n) is 2.41. The SMILES string of the molecule is COCCOc1c(C2=NCCN2)cc2ccccc2c1Br. The molecule has 0 fully saturated rings. The van der Waals surface area contributed by atoms with Crippen molar-refractivity contribution in [2.45, 2.75) is 0 Å². The van der Waals surface area contributed by atoms with E-state index in [1.54, 1.807) is 7.11 Å². The van der Waals surface area contributed by atoms with Gasteiger partial charge < -0.3 is 14.8 Å². The molecule has 1 N–H and O–H groups in total. The summed E-state index contributed by atoms with van der Waals surface area (Å²) in [6.45, 7) is 2.74. The van der Waals surface area contributed by atoms with Crippen LogP contribution >= 0.6 is 15.9 Å². The van der Waals surface area contributed by atoms with Crippen LogP contribution < -0.4 is 10.1 Å². The molecule has 110 valence electrons. The molecule has 0 aliphatic carbocycles. The molecule has 0 bridgehead atoms. The van der Waals surface area contributed by atoms with Crippen molar-refractivity contribution in [3.8, 4) is 5.75 Å². The van der Waals surface area contributed by atoms with Gasteiger partial charge in [-0.2, -0.15) is 0 Å². The van der Waals surface area contributed by atoms with Crippen molar-refractivity contribution in [2.75, 3.05) is 33.4 Å². The van der Waals surface area contributed by atoms with Gasteiger partial charge in [0.2, 0.25) is 0 Å². The molecule has 0 amide bonds. The lowest BCUT2D eigenvalue weighted by Gasteiger charge is -2.16. The number of benzene rings is 2. The van der Waals surface area contributed by atoms with Gasteiger partial charge in [-0.3, -0.25) is 4.99 Å². The quantitative estimate of drug-likeness (QED) is 0.844. The van der Waals surface area contributed by atoms with Gasteiger partial charge in [0.05, 0.1) is 23.2 Å². The summed E-state index contributed by atoms with van der Waals surface area (Å²) in [4.78, 5) is 4.52. The van der Waals surface area contributed by atoms with Crippen LogP contribution in [-0.4, -0.2) is 39.2 Å². The van der Waals surface area contributed by atoms with Crippen LogP contribution in [0.5, 0.6) is 5.75 Å². The van der Waals surface area contributed by atoms with E-state index < -0.39 is 0 Å². The van der Waals surface area contributed by atoms with Gasteiger partial charge in [0.1, 0.15) is 18.2 Å². The lowest BCUT2D eigenvalue weighted by molar-refractivity contribution is 0.146. The largest absolute Gasteiger partial charge is 0.489 e. The normalized spacial score (nSPS) is 14.1. The number of aliphatic imine (C=N–C) groups is 1. The zero-order chi connectivity index (χ0) is 14.7. The summed E-state index contributed by atoms with van der Waals surface area (Å²) < 4.78 is 12.0. The summed E-state index contributed by atoms with van der Waals surface area (Å²) in [6, 6.07) is 10.4. The molecule has 0 radical (unpaired) electrons. The summed E-state index contributed by atoms with van der Waals surface area (Å²) >= 11 is 3.68. The minimum atomic E-state index is 0.508. The predicted molar refractivity (Wildman–Crippen MR) is 88.4 cm³/mol. The van der Waals surface area contributed by atoms with E-state index in [4.69, 9.17) is 9.47 Å². The third-order valence-electron chi connectivity index (χ3n) is 3.40. The zero-order valence-electron chi connectivity index (χ0n) is 11.9. The topological polar surface area (TPSA) is 42.9 Å². The van der Waals surface area contributed by atoms with E-state index in [1.165, 1.54) is 0 Å². The molecule has 0 unspecified atom stereocenters. The number of hydrogen-bond acceptors (Lipinski definition) is 4. The van der Waals surface area contributed by atoms with Gasteiger partial charge in [-0.25, -0.2) is 0 Å². The number of methoxy groups -OCH3 is 1. The lowest BCUT2D eigenvalue weighted by atomic mass is 10.0. The van der Waals surface area contributed by atoms with E-state index in [2.05, 4.69) is 44.4 Å². The molecule has 0 aromatic heterocycles. The molecule has 0 saturated carbocycles. The monoisotopic (exact) mass is 348 g/mol. The standard InChI is InChI=1S/C16H17BrN2O2/c1-20-8-9-21-15-13(16-18-6-7-19-16)10-11-4-2-3-5-12(11)14(15)17/h2-5,10H,6-9H2,1H3,(H,18,19). The highest BCUT2D eigenvalue weighted by Gasteiger charge is 2.19. The Morgan fingerprint density at radius 2 is 2.14 bits per heavy atom. The average Bonchev–Trinajstić information content (AvgIpc) is 3.04. The summed E-state index contributed by atoms with van der Waals surface area (Å²) in [6.07, 6.45) is 0. The molecule has 0 spiro atoms. The maximum absolute atomic E-state index is 5.94. The van der Waals surface area contributed by atoms with E-state index >= 15 is 0 Å². The number of halogens is 1. The summed E-state index contributed by atoms with van der Waals surface area (Å²) in [7, 11) is 1.67. The highest BCUT2D eigenvalue weighted by molar-refractivity contribution is 9.10. The zero-order valence-corrected chi connectivity index (χ0v) is 13.4. The Hall–Kier alpha value is -1.59. The Balaban J connectivity index is 2.10. The van der Waals surface area contributed by atoms with Crippen molar-refractivity contribution in [1.82, 2.24) is 5.32 Å². The van der Waals surface area contributed by atoms with Gasteiger partial charge in [0, 0.05) is 13.7 Å². The Bertz CT molecular complexity index is 685. The van der Waals surface area contributed by atoms with Crippen molar-refractivity contribution in [3.05, 3.63) is 40.4 Å². The Kier molecular flexibility index (Phi) is 4.41. The van der Waals surface area contributed by atoms with Gasteiger partial charge in [-0.15, -0.1) is 0 Å². The van der Waals surface area contributed by atoms with E-state index in [0.717, 1.165) is 45.5 Å². The second-order valence-electron chi connectivity index (χ2n) is 4.79. The fourth-order valence-corrected chi connectivity index (χ4v) is 3.10. The van der Waals surface area contributed by atoms with E-state index in [9.17, 15) is 0 Å². The predicted octanol–water partition coefficient (Wildman–Crippen LogP) is 2.98. The summed E-state index contributed by atoms with van der Waals surface area (Å²) in [5.41, 5.74) is 0.995. The van der Waals surface area contributed by atoms with Gasteiger partial charge in [-0.05, 0) is 32.8 Å². The molecular formula is C16H17BrN2O2. The minimum absolute atomic E-state index is 0.508. The molecule has 2 aromatic rings. The summed E-state index contributed by atoms with van der Waals surface area (Å²) in [5.74, 6) is 1.72. The molecule has 2 aromatic carbocycles. The maximum Gasteiger partial charge on any atom is 0.145 e. The molecule has 1 aliphatic heterocycles. The molecule has 4 nitrogen and oxygen atoms in total. The smallest absolute Gasteiger partial charge is 0.145 e. The second-order valence-corrected chi connectivity index (χ2v) is 5.58. The first-order valence-corrected chi connectivity index (χ1v) is 7.72. The molecule has 1 aliphatic rings. The highest BCUT2D eigenvalue weighted by atomic mass is 79.9. The third-order valence-corrected chi connectivity index (χ3v) is 4.19. The van der Waals surface area contributed by atoms with Crippen LogP contribution in [0.1, 0.15) is 5.56 Å². The Morgan fingerprint density at radius 1 is 1.29 bits per heavy atom. The third kappa shape index (κ3) is 2.89. The minimum Gasteiger partial charge on any atom is -0.489 e. The Morgan fingerprint density at radius 3 is 2.90 bits per heavy atom. The van der Waals surface area contributed by atoms with Crippen LogP contribution in [0, 0.1) is 0 Å². The van der Waals surface area contributed by atoms with Crippen LogP contribution in [-0.2, 0) is 4.74 Å². The van der Waals surface area contributed by atoms with Gasteiger partial charge in [0.15, 0.2) is 0 Å². The van der Waals surface area contributed by atoms with Crippen LogP contribution in [0.15, 0.2) is 39.8 Å². The number of nitrogens with zero attached hydrogens (tertiary/aromatic N) is 1. The molecule has 1 heterocycles. The molecule has 0 atom stereocenters. The van der Waals surface area contributed by atoms with Gasteiger partial charge in [-0.1, -0.05) is 24.3 Å². The van der Waals surface area contributed by atoms with E-state index in [-0.39, 0.29) is 0 Å². The number of nitrogens with one attached hydrogen (secondary N) is 1. The molecule has 0 saturated heterocycles. The van der Waals surface area contributed by atoms with Crippen molar-refractivity contribution in [3.63, 3.8) is 0 Å². The Labute approximate surface area is 132 Å². The van der Waals surface area contributed by atoms with Crippen molar-refractivity contribution in [2.24, 2.45) is 4.99 Å². The molecule has 21 heavy (non-hydrogen) atoms. The van der Waals surface area contributed by atoms with E-state index in [0.29, 0.717) is 13.2 Å². The highest BCUT2D eigenvalue weighted by Crippen LogP contribution is 2.37. The van der Waals surface area contributed by atoms with Crippen molar-refractivity contribution < 1.29 is 9.47 Å². The van der Waals surface area contributed by atoms with Crippen LogP contribution in [0.3, 0.4) is 0 Å². The number of rotatable bonds is 5. The number of hydrogen-bond donors (Lipinski definition) is 1. The molecule has 3 rings (SSSR count). The maximum atomic E-state index is 5.94. The number of ether oxygens (including phenoxy) is 2. The first-order chi connectivity index (χ1) is 10.3. The fraction of sp³-hybridized carbons (Fsp3) is 0.312. The second kappa shape index (κ2) is 6.45. The van der Waals surface area contributed by atoms with Crippen LogP contribution in [0.4, 0.5) is 0 Å².